The Balaban J connectivity index is 1.75. The summed E-state index contributed by atoms with van der Waals surface area (Å²) < 4.78 is 11.5. The fourth-order valence-corrected chi connectivity index (χ4v) is 4.24. The van der Waals surface area contributed by atoms with Gasteiger partial charge in [-0.05, 0) is 48.7 Å². The van der Waals surface area contributed by atoms with Gasteiger partial charge in [-0.25, -0.2) is 4.79 Å². The Hall–Kier alpha value is -2.77. The number of carbonyl (C=O) groups excluding carboxylic acids is 1. The zero-order chi connectivity index (χ0) is 23.7. The molecule has 1 saturated carbocycles. The van der Waals surface area contributed by atoms with E-state index in [1.165, 1.54) is 0 Å². The van der Waals surface area contributed by atoms with Crippen LogP contribution >= 0.6 is 11.6 Å². The number of rotatable bonds is 10. The highest BCUT2D eigenvalue weighted by molar-refractivity contribution is 6.30. The largest absolute Gasteiger partial charge is 0.489 e. The van der Waals surface area contributed by atoms with Gasteiger partial charge in [-0.15, -0.1) is 0 Å². The van der Waals surface area contributed by atoms with E-state index in [1.807, 2.05) is 18.2 Å². The lowest BCUT2D eigenvalue weighted by Gasteiger charge is -2.29. The molecule has 2 aromatic rings. The van der Waals surface area contributed by atoms with E-state index >= 15 is 0 Å². The molecule has 1 aliphatic carbocycles. The van der Waals surface area contributed by atoms with Gasteiger partial charge in [0.15, 0.2) is 11.5 Å². The minimum Gasteiger partial charge on any atom is -0.489 e. The summed E-state index contributed by atoms with van der Waals surface area (Å²) in [6.45, 7) is 0.240. The summed E-state index contributed by atoms with van der Waals surface area (Å²) in [5.74, 6) is -0.719. The quantitative estimate of drug-likeness (QED) is 0.444. The van der Waals surface area contributed by atoms with Crippen LogP contribution in [0.3, 0.4) is 0 Å². The number of aliphatic hydroxyl groups is 1. The fraction of sp³-hybridized carbons (Fsp3) is 0.440. The molecular weight excluding hydrogens is 446 g/mol. The summed E-state index contributed by atoms with van der Waals surface area (Å²) in [4.78, 5) is 25.1. The maximum Gasteiger partial charge on any atom is 0.329 e. The van der Waals surface area contributed by atoms with Crippen molar-refractivity contribution in [3.8, 4) is 11.5 Å². The van der Waals surface area contributed by atoms with Crippen molar-refractivity contribution in [3.63, 3.8) is 0 Å². The number of amides is 1. The van der Waals surface area contributed by atoms with Gasteiger partial charge in [-0.2, -0.15) is 0 Å². The van der Waals surface area contributed by atoms with E-state index in [0.717, 1.165) is 31.2 Å². The molecule has 3 N–H and O–H groups in total. The molecule has 0 aromatic heterocycles. The topological polar surface area (TPSA) is 105 Å². The number of hydrogen-bond donors (Lipinski definition) is 3. The molecule has 2 aromatic carbocycles. The van der Waals surface area contributed by atoms with Gasteiger partial charge in [0.1, 0.15) is 12.1 Å². The summed E-state index contributed by atoms with van der Waals surface area (Å²) in [7, 11) is 0. The number of benzene rings is 2. The second kappa shape index (κ2) is 11.9. The molecule has 1 aliphatic rings. The zero-order valence-corrected chi connectivity index (χ0v) is 19.3. The fourth-order valence-electron chi connectivity index (χ4n) is 4.02. The molecule has 0 bridgehead atoms. The van der Waals surface area contributed by atoms with Crippen LogP contribution in [0, 0.1) is 0 Å². The molecular formula is C25H30ClNO6. The van der Waals surface area contributed by atoms with Crippen LogP contribution in [0.1, 0.15) is 54.4 Å². The predicted octanol–water partition coefficient (Wildman–Crippen LogP) is 4.24. The predicted molar refractivity (Wildman–Crippen MR) is 125 cm³/mol. The van der Waals surface area contributed by atoms with E-state index in [0.29, 0.717) is 42.4 Å². The first-order chi connectivity index (χ1) is 15.9. The first-order valence-electron chi connectivity index (χ1n) is 11.2. The maximum absolute atomic E-state index is 13.0. The Morgan fingerprint density at radius 2 is 1.70 bits per heavy atom. The number of aliphatic carboxylic acids is 1. The number of ether oxygens (including phenoxy) is 2. The molecule has 8 heteroatoms. The van der Waals surface area contributed by atoms with Gasteiger partial charge in [0.05, 0.1) is 13.2 Å². The average molecular weight is 476 g/mol. The lowest BCUT2D eigenvalue weighted by Crippen LogP contribution is -2.54. The van der Waals surface area contributed by atoms with Gasteiger partial charge in [-0.3, -0.25) is 4.79 Å². The third-order valence-electron chi connectivity index (χ3n) is 5.81. The average Bonchev–Trinajstić information content (AvgIpc) is 3.04. The Kier molecular flexibility index (Phi) is 8.97. The Morgan fingerprint density at radius 1 is 0.970 bits per heavy atom. The first kappa shape index (κ1) is 24.9. The molecule has 0 unspecified atom stereocenters. The van der Waals surface area contributed by atoms with Crippen molar-refractivity contribution >= 4 is 23.5 Å². The summed E-state index contributed by atoms with van der Waals surface area (Å²) in [5.41, 5.74) is 0.0349. The highest BCUT2D eigenvalue weighted by Crippen LogP contribution is 2.31. The second-order valence-electron chi connectivity index (χ2n) is 8.22. The third-order valence-corrected chi connectivity index (χ3v) is 6.05. The summed E-state index contributed by atoms with van der Waals surface area (Å²) in [6, 6.07) is 12.2. The van der Waals surface area contributed by atoms with Gasteiger partial charge < -0.3 is 25.0 Å². The van der Waals surface area contributed by atoms with Crippen molar-refractivity contribution in [3.05, 3.63) is 58.6 Å². The molecule has 1 amide bonds. The normalized spacial score (nSPS) is 15.3. The van der Waals surface area contributed by atoms with Crippen LogP contribution in [0.2, 0.25) is 5.02 Å². The molecule has 3 rings (SSSR count). The van der Waals surface area contributed by atoms with Crippen LogP contribution < -0.4 is 14.8 Å². The summed E-state index contributed by atoms with van der Waals surface area (Å²) in [6.07, 6.45) is 4.87. The number of carboxylic acids is 1. The maximum atomic E-state index is 13.0. The highest BCUT2D eigenvalue weighted by Gasteiger charge is 2.40. The Morgan fingerprint density at radius 3 is 2.36 bits per heavy atom. The highest BCUT2D eigenvalue weighted by atomic mass is 35.5. The number of halogens is 1. The monoisotopic (exact) mass is 475 g/mol. The van der Waals surface area contributed by atoms with Crippen molar-refractivity contribution in [1.29, 1.82) is 0 Å². The molecule has 0 spiro atoms. The van der Waals surface area contributed by atoms with E-state index in [9.17, 15) is 14.7 Å². The first-order valence-corrected chi connectivity index (χ1v) is 11.6. The van der Waals surface area contributed by atoms with Crippen LogP contribution in [0.25, 0.3) is 0 Å². The minimum absolute atomic E-state index is 0.0817. The molecule has 0 radical (unpaired) electrons. The SMILES string of the molecule is O=C(NC1(C(=O)O)CCCCCC1)c1ccc(OCCO)c(OCCc2cccc(Cl)c2)c1. The number of carboxylic acid groups (broad SMARTS) is 1. The smallest absolute Gasteiger partial charge is 0.329 e. The molecule has 0 atom stereocenters. The lowest BCUT2D eigenvalue weighted by atomic mass is 9.90. The van der Waals surface area contributed by atoms with Crippen LogP contribution in [-0.4, -0.2) is 47.4 Å². The second-order valence-corrected chi connectivity index (χ2v) is 8.65. The molecule has 0 heterocycles. The molecule has 0 aliphatic heterocycles. The molecule has 178 valence electrons. The molecule has 1 fully saturated rings. The van der Waals surface area contributed by atoms with Crippen molar-refractivity contribution in [2.75, 3.05) is 19.8 Å². The molecule has 7 nitrogen and oxygen atoms in total. The van der Waals surface area contributed by atoms with Crippen LogP contribution in [0.5, 0.6) is 11.5 Å². The van der Waals surface area contributed by atoms with Crippen molar-refractivity contribution < 1.29 is 29.3 Å². The van der Waals surface area contributed by atoms with E-state index in [2.05, 4.69) is 5.32 Å². The summed E-state index contributed by atoms with van der Waals surface area (Å²) >= 11 is 6.03. The van der Waals surface area contributed by atoms with Gasteiger partial charge in [-0.1, -0.05) is 49.4 Å². The van der Waals surface area contributed by atoms with Gasteiger partial charge >= 0.3 is 5.97 Å². The van der Waals surface area contributed by atoms with E-state index in [1.54, 1.807) is 24.3 Å². The van der Waals surface area contributed by atoms with E-state index in [-0.39, 0.29) is 18.8 Å². The number of aliphatic hydroxyl groups excluding tert-OH is 1. The summed E-state index contributed by atoms with van der Waals surface area (Å²) in [5, 5.41) is 22.4. The molecule has 33 heavy (non-hydrogen) atoms. The lowest BCUT2D eigenvalue weighted by molar-refractivity contribution is -0.145. The standard InChI is InChI=1S/C25H30ClNO6/c26-20-7-5-6-18(16-20)10-14-32-22-17-19(8-9-21(22)33-15-13-28)23(29)27-25(24(30)31)11-3-1-2-4-12-25/h5-9,16-17,28H,1-4,10-15H2,(H,27,29)(H,30,31). The van der Waals surface area contributed by atoms with Gasteiger partial charge in [0, 0.05) is 17.0 Å². The Bertz CT molecular complexity index is 956. The Labute approximate surface area is 198 Å². The van der Waals surface area contributed by atoms with Crippen molar-refractivity contribution in [1.82, 2.24) is 5.32 Å². The minimum atomic E-state index is -1.26. The van der Waals surface area contributed by atoms with Crippen molar-refractivity contribution in [2.24, 2.45) is 0 Å². The van der Waals surface area contributed by atoms with Crippen LogP contribution in [0.4, 0.5) is 0 Å². The van der Waals surface area contributed by atoms with Gasteiger partial charge in [0.25, 0.3) is 5.91 Å². The van der Waals surface area contributed by atoms with E-state index in [4.69, 9.17) is 26.2 Å². The zero-order valence-electron chi connectivity index (χ0n) is 18.5. The number of nitrogens with one attached hydrogen (secondary N) is 1. The number of hydrogen-bond acceptors (Lipinski definition) is 5. The third kappa shape index (κ3) is 6.85. The van der Waals surface area contributed by atoms with E-state index < -0.39 is 17.4 Å². The van der Waals surface area contributed by atoms with Crippen LogP contribution in [-0.2, 0) is 11.2 Å². The number of carbonyl (C=O) groups is 2. The van der Waals surface area contributed by atoms with Gasteiger partial charge in [0.2, 0.25) is 0 Å². The molecule has 0 saturated heterocycles. The van der Waals surface area contributed by atoms with Crippen molar-refractivity contribution in [2.45, 2.75) is 50.5 Å². The van der Waals surface area contributed by atoms with Crippen LogP contribution in [0.15, 0.2) is 42.5 Å².